The third-order valence-corrected chi connectivity index (χ3v) is 4.12. The Labute approximate surface area is 142 Å². The number of nitriles is 1. The van der Waals surface area contributed by atoms with E-state index in [1.807, 2.05) is 18.2 Å². The van der Waals surface area contributed by atoms with E-state index >= 15 is 0 Å². The highest BCUT2D eigenvalue weighted by atomic mass is 19.1. The second-order valence-electron chi connectivity index (χ2n) is 6.00. The zero-order valence-corrected chi connectivity index (χ0v) is 14.5. The van der Waals surface area contributed by atoms with Crippen molar-refractivity contribution in [2.45, 2.75) is 32.1 Å². The van der Waals surface area contributed by atoms with Gasteiger partial charge >= 0.3 is 0 Å². The molecule has 0 saturated carbocycles. The predicted molar refractivity (Wildman–Crippen MR) is 92.1 cm³/mol. The van der Waals surface area contributed by atoms with Gasteiger partial charge in [-0.2, -0.15) is 5.26 Å². The normalized spacial score (nSPS) is 11.9. The van der Waals surface area contributed by atoms with Crippen molar-refractivity contribution in [1.29, 1.82) is 5.26 Å². The smallest absolute Gasteiger partial charge is 0.123 e. The Balaban J connectivity index is 2.44. The van der Waals surface area contributed by atoms with Gasteiger partial charge in [0.05, 0.1) is 26.2 Å². The predicted octanol–water partition coefficient (Wildman–Crippen LogP) is 4.82. The lowest BCUT2D eigenvalue weighted by Crippen LogP contribution is -2.06. The van der Waals surface area contributed by atoms with Gasteiger partial charge in [0, 0.05) is 5.56 Å². The number of halogens is 1. The van der Waals surface area contributed by atoms with E-state index in [1.54, 1.807) is 13.2 Å². The Morgan fingerprint density at radius 2 is 1.71 bits per heavy atom. The second-order valence-corrected chi connectivity index (χ2v) is 6.00. The Hall–Kier alpha value is -2.54. The third kappa shape index (κ3) is 3.86. The van der Waals surface area contributed by atoms with Crippen LogP contribution in [0.25, 0.3) is 0 Å². The van der Waals surface area contributed by atoms with E-state index in [0.717, 1.165) is 11.1 Å². The van der Waals surface area contributed by atoms with Gasteiger partial charge < -0.3 is 9.47 Å². The molecule has 1 unspecified atom stereocenters. The average Bonchev–Trinajstić information content (AvgIpc) is 2.59. The molecule has 0 heterocycles. The molecule has 0 saturated heterocycles. The van der Waals surface area contributed by atoms with Crippen molar-refractivity contribution in [3.63, 3.8) is 0 Å². The molecule has 4 heteroatoms. The van der Waals surface area contributed by atoms with Gasteiger partial charge in [0.1, 0.15) is 17.3 Å². The first-order valence-electron chi connectivity index (χ1n) is 7.90. The summed E-state index contributed by atoms with van der Waals surface area (Å²) in [5, 5.41) is 9.68. The molecule has 0 N–H and O–H groups in total. The van der Waals surface area contributed by atoms with Crippen molar-refractivity contribution in [2.75, 3.05) is 14.2 Å². The quantitative estimate of drug-likeness (QED) is 0.764. The van der Waals surface area contributed by atoms with Crippen molar-refractivity contribution in [3.05, 3.63) is 58.9 Å². The summed E-state index contributed by atoms with van der Waals surface area (Å²) >= 11 is 0. The monoisotopic (exact) mass is 327 g/mol. The molecule has 2 aromatic rings. The molecule has 1 atom stereocenters. The van der Waals surface area contributed by atoms with E-state index in [4.69, 9.17) is 9.47 Å². The molecular weight excluding hydrogens is 305 g/mol. The first kappa shape index (κ1) is 17.8. The second kappa shape index (κ2) is 7.83. The fourth-order valence-corrected chi connectivity index (χ4v) is 2.74. The van der Waals surface area contributed by atoms with Gasteiger partial charge in [0.25, 0.3) is 0 Å². The van der Waals surface area contributed by atoms with Crippen LogP contribution < -0.4 is 9.47 Å². The van der Waals surface area contributed by atoms with Gasteiger partial charge in [-0.05, 0) is 47.7 Å². The molecule has 0 amide bonds. The fourth-order valence-electron chi connectivity index (χ4n) is 2.74. The molecule has 0 fully saturated rings. The number of nitrogens with zero attached hydrogens (tertiary/aromatic N) is 1. The summed E-state index contributed by atoms with van der Waals surface area (Å²) in [6, 6.07) is 12.6. The lowest BCUT2D eigenvalue weighted by Gasteiger charge is -2.18. The lowest BCUT2D eigenvalue weighted by atomic mass is 9.89. The van der Waals surface area contributed by atoms with Gasteiger partial charge in [-0.25, -0.2) is 4.39 Å². The molecule has 126 valence electrons. The van der Waals surface area contributed by atoms with Crippen molar-refractivity contribution >= 4 is 0 Å². The Morgan fingerprint density at radius 3 is 2.29 bits per heavy atom. The highest BCUT2D eigenvalue weighted by molar-refractivity contribution is 5.45. The highest BCUT2D eigenvalue weighted by Gasteiger charge is 2.20. The van der Waals surface area contributed by atoms with Crippen LogP contribution in [0.2, 0.25) is 0 Å². The third-order valence-electron chi connectivity index (χ3n) is 4.12. The van der Waals surface area contributed by atoms with E-state index in [-0.39, 0.29) is 5.82 Å². The first-order valence-corrected chi connectivity index (χ1v) is 7.90. The molecule has 0 bridgehead atoms. The van der Waals surface area contributed by atoms with Crippen LogP contribution in [0.3, 0.4) is 0 Å². The van der Waals surface area contributed by atoms with Gasteiger partial charge in [-0.15, -0.1) is 0 Å². The summed E-state index contributed by atoms with van der Waals surface area (Å²) in [6.07, 6.45) is 0.356. The maximum absolute atomic E-state index is 13.6. The fraction of sp³-hybridized carbons (Fsp3) is 0.350. The Bertz CT molecular complexity index is 750. The number of rotatable bonds is 6. The zero-order chi connectivity index (χ0) is 17.7. The molecule has 0 aliphatic heterocycles. The number of benzene rings is 2. The summed E-state index contributed by atoms with van der Waals surface area (Å²) in [6.45, 7) is 4.20. The summed E-state index contributed by atoms with van der Waals surface area (Å²) in [7, 11) is 3.13. The van der Waals surface area contributed by atoms with E-state index in [9.17, 15) is 9.65 Å². The van der Waals surface area contributed by atoms with Crippen LogP contribution in [-0.4, -0.2) is 14.2 Å². The molecule has 0 aliphatic rings. The molecule has 2 aromatic carbocycles. The van der Waals surface area contributed by atoms with Crippen LogP contribution in [0.4, 0.5) is 4.39 Å². The van der Waals surface area contributed by atoms with Crippen LogP contribution in [0, 0.1) is 17.1 Å². The Morgan fingerprint density at radius 1 is 1.04 bits per heavy atom. The number of hydrogen-bond acceptors (Lipinski definition) is 3. The first-order chi connectivity index (χ1) is 11.5. The molecule has 2 rings (SSSR count). The van der Waals surface area contributed by atoms with Crippen molar-refractivity contribution in [3.8, 4) is 17.6 Å². The largest absolute Gasteiger partial charge is 0.496 e. The SMILES string of the molecule is COc1ccc(F)cc1CC(C#N)c1cc(C(C)C)ccc1OC. The van der Waals surface area contributed by atoms with Crippen LogP contribution in [0.15, 0.2) is 36.4 Å². The molecule has 0 aliphatic carbocycles. The standard InChI is InChI=1S/C20H22FNO2/c1-13(2)14-5-7-20(24-4)18(11-14)16(12-22)9-15-10-17(21)6-8-19(15)23-3/h5-8,10-11,13,16H,9H2,1-4H3. The molecule has 0 aromatic heterocycles. The molecule has 0 radical (unpaired) electrons. The van der Waals surface area contributed by atoms with Gasteiger partial charge in [0.2, 0.25) is 0 Å². The van der Waals surface area contributed by atoms with Crippen molar-refractivity contribution in [1.82, 2.24) is 0 Å². The van der Waals surface area contributed by atoms with Crippen LogP contribution in [-0.2, 0) is 6.42 Å². The summed E-state index contributed by atoms with van der Waals surface area (Å²) in [4.78, 5) is 0. The van der Waals surface area contributed by atoms with Crippen molar-refractivity contribution < 1.29 is 13.9 Å². The summed E-state index contributed by atoms with van der Waals surface area (Å²) in [5.41, 5.74) is 2.62. The zero-order valence-electron chi connectivity index (χ0n) is 14.5. The van der Waals surface area contributed by atoms with E-state index in [2.05, 4.69) is 19.9 Å². The van der Waals surface area contributed by atoms with Crippen LogP contribution in [0.5, 0.6) is 11.5 Å². The number of hydrogen-bond donors (Lipinski definition) is 0. The van der Waals surface area contributed by atoms with Gasteiger partial charge in [0.15, 0.2) is 0 Å². The minimum Gasteiger partial charge on any atom is -0.496 e. The van der Waals surface area contributed by atoms with E-state index < -0.39 is 5.92 Å². The molecule has 3 nitrogen and oxygen atoms in total. The van der Waals surface area contributed by atoms with Crippen molar-refractivity contribution in [2.24, 2.45) is 0 Å². The summed E-state index contributed by atoms with van der Waals surface area (Å²) < 4.78 is 24.3. The number of ether oxygens (including phenoxy) is 2. The minimum absolute atomic E-state index is 0.342. The topological polar surface area (TPSA) is 42.2 Å². The molecule has 0 spiro atoms. The Kier molecular flexibility index (Phi) is 5.81. The average molecular weight is 327 g/mol. The van der Waals surface area contributed by atoms with Crippen LogP contribution in [0.1, 0.15) is 42.4 Å². The van der Waals surface area contributed by atoms with Gasteiger partial charge in [-0.1, -0.05) is 26.0 Å². The minimum atomic E-state index is -0.450. The highest BCUT2D eigenvalue weighted by Crippen LogP contribution is 2.34. The van der Waals surface area contributed by atoms with E-state index in [1.165, 1.54) is 19.2 Å². The number of methoxy groups -OCH3 is 2. The molecule has 24 heavy (non-hydrogen) atoms. The van der Waals surface area contributed by atoms with E-state index in [0.29, 0.717) is 29.4 Å². The lowest BCUT2D eigenvalue weighted by molar-refractivity contribution is 0.403. The van der Waals surface area contributed by atoms with Crippen LogP contribution >= 0.6 is 0 Å². The summed E-state index contributed by atoms with van der Waals surface area (Å²) in [5.74, 6) is 0.800. The maximum atomic E-state index is 13.6. The maximum Gasteiger partial charge on any atom is 0.123 e. The molecular formula is C20H22FNO2. The van der Waals surface area contributed by atoms with Gasteiger partial charge in [-0.3, -0.25) is 0 Å².